The largest absolute Gasteiger partial charge is 0.496 e. The molecule has 0 spiro atoms. The number of methoxy groups -OCH3 is 1. The summed E-state index contributed by atoms with van der Waals surface area (Å²) in [5.74, 6) is 0.990. The van der Waals surface area contributed by atoms with Gasteiger partial charge in [-0.25, -0.2) is 8.42 Å². The number of hydrogen-bond donors (Lipinski definition) is 1. The van der Waals surface area contributed by atoms with E-state index in [0.29, 0.717) is 5.75 Å². The molecule has 120 valence electrons. The van der Waals surface area contributed by atoms with E-state index >= 15 is 0 Å². The molecule has 0 aromatic heterocycles. The maximum atomic E-state index is 12.2. The summed E-state index contributed by atoms with van der Waals surface area (Å²) in [4.78, 5) is 0. The Labute approximate surface area is 128 Å². The lowest BCUT2D eigenvalue weighted by Crippen LogP contribution is -2.18. The molecule has 5 heteroatoms. The number of hydrogen-bond acceptors (Lipinski definition) is 4. The van der Waals surface area contributed by atoms with Crippen molar-refractivity contribution in [1.82, 2.24) is 5.32 Å². The van der Waals surface area contributed by atoms with Crippen LogP contribution in [0.5, 0.6) is 5.75 Å². The molecule has 0 aliphatic rings. The molecule has 1 atom stereocenters. The zero-order valence-corrected chi connectivity index (χ0v) is 14.5. The monoisotopic (exact) mass is 313 g/mol. The van der Waals surface area contributed by atoms with Gasteiger partial charge in [0.25, 0.3) is 0 Å². The number of ether oxygens (including phenoxy) is 1. The average molecular weight is 313 g/mol. The van der Waals surface area contributed by atoms with Gasteiger partial charge in [0.05, 0.1) is 18.6 Å². The molecule has 1 N–H and O–H groups in total. The van der Waals surface area contributed by atoms with Gasteiger partial charge in [0, 0.05) is 11.6 Å². The van der Waals surface area contributed by atoms with Crippen molar-refractivity contribution in [2.45, 2.75) is 39.5 Å². The van der Waals surface area contributed by atoms with Gasteiger partial charge in [0.1, 0.15) is 5.75 Å². The summed E-state index contributed by atoms with van der Waals surface area (Å²) in [5, 5.41) is 3.33. The van der Waals surface area contributed by atoms with E-state index in [-0.39, 0.29) is 23.5 Å². The van der Waals surface area contributed by atoms with Crippen molar-refractivity contribution < 1.29 is 13.2 Å². The highest BCUT2D eigenvalue weighted by molar-refractivity contribution is 7.90. The van der Waals surface area contributed by atoms with Gasteiger partial charge in [0.2, 0.25) is 0 Å². The molecule has 0 saturated carbocycles. The molecule has 0 amide bonds. The van der Waals surface area contributed by atoms with Crippen LogP contribution in [0.3, 0.4) is 0 Å². The van der Waals surface area contributed by atoms with Crippen LogP contribution in [0.2, 0.25) is 0 Å². The van der Waals surface area contributed by atoms with Crippen LogP contribution in [0, 0.1) is 5.92 Å². The van der Waals surface area contributed by atoms with E-state index in [4.69, 9.17) is 4.74 Å². The van der Waals surface area contributed by atoms with Gasteiger partial charge < -0.3 is 10.1 Å². The zero-order valence-electron chi connectivity index (χ0n) is 13.6. The van der Waals surface area contributed by atoms with Crippen molar-refractivity contribution in [1.29, 1.82) is 0 Å². The van der Waals surface area contributed by atoms with E-state index in [1.807, 2.05) is 39.0 Å². The highest BCUT2D eigenvalue weighted by atomic mass is 32.2. The lowest BCUT2D eigenvalue weighted by molar-refractivity contribution is 0.410. The van der Waals surface area contributed by atoms with Gasteiger partial charge in [-0.05, 0) is 37.1 Å². The third-order valence-electron chi connectivity index (χ3n) is 3.28. The standard InChI is InChI=1S/C16H27NO3S/c1-6-17-13(4)14-7-8-16(20-5)15(9-14)11-21(18,19)10-12(2)3/h7-9,12-13,17H,6,10-11H2,1-5H3. The first kappa shape index (κ1) is 18.0. The predicted molar refractivity (Wildman–Crippen MR) is 87.4 cm³/mol. The molecular formula is C16H27NO3S. The molecule has 0 fully saturated rings. The molecule has 1 aromatic carbocycles. The van der Waals surface area contributed by atoms with Gasteiger partial charge >= 0.3 is 0 Å². The summed E-state index contributed by atoms with van der Waals surface area (Å²) >= 11 is 0. The summed E-state index contributed by atoms with van der Waals surface area (Å²) < 4.78 is 29.7. The molecule has 0 aliphatic carbocycles. The fourth-order valence-corrected chi connectivity index (χ4v) is 4.24. The molecule has 0 aliphatic heterocycles. The molecule has 0 radical (unpaired) electrons. The molecule has 21 heavy (non-hydrogen) atoms. The van der Waals surface area contributed by atoms with Crippen LogP contribution in [-0.2, 0) is 15.6 Å². The first-order chi connectivity index (χ1) is 9.79. The number of nitrogens with one attached hydrogen (secondary N) is 1. The van der Waals surface area contributed by atoms with Gasteiger partial charge in [-0.2, -0.15) is 0 Å². The smallest absolute Gasteiger partial charge is 0.154 e. The Kier molecular flexibility index (Phi) is 6.68. The normalized spacial score (nSPS) is 13.4. The summed E-state index contributed by atoms with van der Waals surface area (Å²) in [6, 6.07) is 5.95. The van der Waals surface area contributed by atoms with Crippen LogP contribution in [-0.4, -0.2) is 27.8 Å². The van der Waals surface area contributed by atoms with E-state index in [9.17, 15) is 8.42 Å². The highest BCUT2D eigenvalue weighted by Crippen LogP contribution is 2.25. The quantitative estimate of drug-likeness (QED) is 0.802. The van der Waals surface area contributed by atoms with E-state index in [0.717, 1.165) is 17.7 Å². The van der Waals surface area contributed by atoms with Crippen molar-refractivity contribution >= 4 is 9.84 Å². The highest BCUT2D eigenvalue weighted by Gasteiger charge is 2.18. The van der Waals surface area contributed by atoms with E-state index in [2.05, 4.69) is 12.2 Å². The minimum Gasteiger partial charge on any atom is -0.496 e. The second-order valence-corrected chi connectivity index (χ2v) is 7.91. The Hall–Kier alpha value is -1.07. The SMILES string of the molecule is CCNC(C)c1ccc(OC)c(CS(=O)(=O)CC(C)C)c1. The molecule has 1 aromatic rings. The van der Waals surface area contributed by atoms with Crippen molar-refractivity contribution in [3.8, 4) is 5.75 Å². The third kappa shape index (κ3) is 5.67. The number of benzene rings is 1. The summed E-state index contributed by atoms with van der Waals surface area (Å²) in [5.41, 5.74) is 1.81. The fourth-order valence-electron chi connectivity index (χ4n) is 2.41. The van der Waals surface area contributed by atoms with Crippen LogP contribution >= 0.6 is 0 Å². The Balaban J connectivity index is 3.06. The fraction of sp³-hybridized carbons (Fsp3) is 0.625. The summed E-state index contributed by atoms with van der Waals surface area (Å²) in [6.07, 6.45) is 0. The minimum absolute atomic E-state index is 0.0288. The van der Waals surface area contributed by atoms with Crippen LogP contribution in [0.15, 0.2) is 18.2 Å². The van der Waals surface area contributed by atoms with Gasteiger partial charge in [-0.3, -0.25) is 0 Å². The molecule has 0 saturated heterocycles. The summed E-state index contributed by atoms with van der Waals surface area (Å²) in [7, 11) is -1.55. The van der Waals surface area contributed by atoms with Crippen molar-refractivity contribution in [3.63, 3.8) is 0 Å². The molecule has 1 rings (SSSR count). The van der Waals surface area contributed by atoms with E-state index < -0.39 is 9.84 Å². The Bertz CT molecular complexity index is 553. The van der Waals surface area contributed by atoms with Crippen molar-refractivity contribution in [2.24, 2.45) is 5.92 Å². The van der Waals surface area contributed by atoms with Crippen molar-refractivity contribution in [2.75, 3.05) is 19.4 Å². The van der Waals surface area contributed by atoms with Gasteiger partial charge in [-0.15, -0.1) is 0 Å². The number of rotatable bonds is 8. The van der Waals surface area contributed by atoms with Gasteiger partial charge in [0.15, 0.2) is 9.84 Å². The van der Waals surface area contributed by atoms with Crippen LogP contribution < -0.4 is 10.1 Å². The molecular weight excluding hydrogens is 286 g/mol. The molecule has 4 nitrogen and oxygen atoms in total. The van der Waals surface area contributed by atoms with Gasteiger partial charge in [-0.1, -0.05) is 26.8 Å². The third-order valence-corrected chi connectivity index (χ3v) is 5.20. The number of sulfone groups is 1. The predicted octanol–water partition coefficient (Wildman–Crippen LogP) is 2.94. The first-order valence-electron chi connectivity index (χ1n) is 7.39. The first-order valence-corrected chi connectivity index (χ1v) is 9.21. The zero-order chi connectivity index (χ0) is 16.0. The Morgan fingerprint density at radius 3 is 2.43 bits per heavy atom. The second-order valence-electron chi connectivity index (χ2n) is 5.80. The topological polar surface area (TPSA) is 55.4 Å². The van der Waals surface area contributed by atoms with Crippen LogP contribution in [0.4, 0.5) is 0 Å². The summed E-state index contributed by atoms with van der Waals surface area (Å²) in [6.45, 7) is 8.82. The maximum absolute atomic E-state index is 12.2. The maximum Gasteiger partial charge on any atom is 0.154 e. The van der Waals surface area contributed by atoms with Crippen molar-refractivity contribution in [3.05, 3.63) is 29.3 Å². The lowest BCUT2D eigenvalue weighted by atomic mass is 10.0. The Morgan fingerprint density at radius 2 is 1.90 bits per heavy atom. The lowest BCUT2D eigenvalue weighted by Gasteiger charge is -2.16. The molecule has 0 heterocycles. The van der Waals surface area contributed by atoms with E-state index in [1.165, 1.54) is 0 Å². The Morgan fingerprint density at radius 1 is 1.24 bits per heavy atom. The van der Waals surface area contributed by atoms with E-state index in [1.54, 1.807) is 7.11 Å². The second kappa shape index (κ2) is 7.80. The van der Waals surface area contributed by atoms with Crippen LogP contribution in [0.1, 0.15) is 44.9 Å². The van der Waals surface area contributed by atoms with Crippen LogP contribution in [0.25, 0.3) is 0 Å². The molecule has 1 unspecified atom stereocenters. The minimum atomic E-state index is -3.12. The average Bonchev–Trinajstić information content (AvgIpc) is 2.36. The molecule has 0 bridgehead atoms.